The van der Waals surface area contributed by atoms with E-state index in [1.165, 1.54) is 39.2 Å². The summed E-state index contributed by atoms with van der Waals surface area (Å²) in [5.41, 5.74) is -0.535. The van der Waals surface area contributed by atoms with Crippen LogP contribution in [0.2, 0.25) is 0 Å². The molecule has 0 saturated carbocycles. The molecule has 0 rings (SSSR count). The summed E-state index contributed by atoms with van der Waals surface area (Å²) in [6, 6.07) is 0. The molecule has 0 aliphatic carbocycles. The second kappa shape index (κ2) is 18.4. The summed E-state index contributed by atoms with van der Waals surface area (Å²) in [6.45, 7) is 3.68. The summed E-state index contributed by atoms with van der Waals surface area (Å²) in [5, 5.41) is 12.2. The number of nitrogens with one attached hydrogen (secondary N) is 1. The molecule has 0 saturated heterocycles. The third-order valence-electron chi connectivity index (χ3n) is 4.67. The Morgan fingerprint density at radius 2 is 1.31 bits per heavy atom. The zero-order chi connectivity index (χ0) is 21.8. The van der Waals surface area contributed by atoms with Crippen LogP contribution in [-0.2, 0) is 14.3 Å². The van der Waals surface area contributed by atoms with Crippen LogP contribution in [0.15, 0.2) is 24.3 Å². The van der Waals surface area contributed by atoms with Gasteiger partial charge in [0.2, 0.25) is 5.91 Å². The number of amides is 1. The number of rotatable bonds is 18. The minimum atomic E-state index is -0.535. The van der Waals surface area contributed by atoms with Crippen molar-refractivity contribution >= 4 is 11.9 Å². The fourth-order valence-electron chi connectivity index (χ4n) is 2.89. The van der Waals surface area contributed by atoms with Crippen molar-refractivity contribution in [2.45, 2.75) is 103 Å². The number of methoxy groups -OCH3 is 1. The molecule has 0 aliphatic rings. The highest BCUT2D eigenvalue weighted by molar-refractivity contribution is 5.81. The number of aliphatic hydroxyl groups is 1. The number of ether oxygens (including phenoxy) is 1. The lowest BCUT2D eigenvalue weighted by Gasteiger charge is -2.15. The summed E-state index contributed by atoms with van der Waals surface area (Å²) in [6.07, 6.45) is 22.6. The van der Waals surface area contributed by atoms with Crippen molar-refractivity contribution < 1.29 is 19.4 Å². The predicted molar refractivity (Wildman–Crippen MR) is 120 cm³/mol. The lowest BCUT2D eigenvalue weighted by atomic mass is 10.0. The van der Waals surface area contributed by atoms with Gasteiger partial charge in [0.05, 0.1) is 12.7 Å². The first kappa shape index (κ1) is 27.4. The van der Waals surface area contributed by atoms with Gasteiger partial charge in [-0.05, 0) is 71.6 Å². The third kappa shape index (κ3) is 22.5. The van der Waals surface area contributed by atoms with Gasteiger partial charge in [-0.25, -0.2) is 0 Å². The first-order valence-electron chi connectivity index (χ1n) is 11.2. The average molecular weight is 410 g/mol. The van der Waals surface area contributed by atoms with Crippen molar-refractivity contribution in [1.29, 1.82) is 0 Å². The fourth-order valence-corrected chi connectivity index (χ4v) is 2.89. The normalized spacial score (nSPS) is 12.0. The van der Waals surface area contributed by atoms with E-state index in [-0.39, 0.29) is 12.5 Å². The Labute approximate surface area is 178 Å². The van der Waals surface area contributed by atoms with Crippen LogP contribution in [-0.4, -0.2) is 36.2 Å². The lowest BCUT2D eigenvalue weighted by Crippen LogP contribution is -2.29. The van der Waals surface area contributed by atoms with Gasteiger partial charge >= 0.3 is 5.97 Å². The van der Waals surface area contributed by atoms with Gasteiger partial charge in [-0.15, -0.1) is 0 Å². The van der Waals surface area contributed by atoms with E-state index in [0.717, 1.165) is 44.9 Å². The maximum Gasteiger partial charge on any atom is 0.325 e. The van der Waals surface area contributed by atoms with Crippen LogP contribution < -0.4 is 5.32 Å². The number of esters is 1. The number of carbonyl (C=O) groups is 2. The monoisotopic (exact) mass is 409 g/mol. The fraction of sp³-hybridized carbons (Fsp3) is 0.750. The van der Waals surface area contributed by atoms with Crippen LogP contribution in [0.3, 0.4) is 0 Å². The largest absolute Gasteiger partial charge is 0.468 e. The molecule has 0 aromatic carbocycles. The van der Waals surface area contributed by atoms with Gasteiger partial charge in [0.25, 0.3) is 0 Å². The molecule has 5 heteroatoms. The molecule has 168 valence electrons. The van der Waals surface area contributed by atoms with Crippen molar-refractivity contribution in [2.75, 3.05) is 13.7 Å². The molecule has 0 aliphatic heterocycles. The standard InChI is InChI=1S/C24H43NO4/c1-24(2,28)20-18-16-14-12-10-8-6-4-5-7-9-11-13-15-17-19-22(26)25-21-23(27)29-3/h11-14,28H,4-10,15-21H2,1-3H3,(H,25,26)/b13-11-,14-12-. The third-order valence-corrected chi connectivity index (χ3v) is 4.67. The van der Waals surface area contributed by atoms with Crippen LogP contribution in [0.5, 0.6) is 0 Å². The molecule has 0 aromatic heterocycles. The van der Waals surface area contributed by atoms with E-state index in [1.54, 1.807) is 0 Å². The van der Waals surface area contributed by atoms with Gasteiger partial charge in [-0.1, -0.05) is 43.6 Å². The van der Waals surface area contributed by atoms with Crippen molar-refractivity contribution in [3.05, 3.63) is 24.3 Å². The SMILES string of the molecule is COC(=O)CNC(=O)CCC/C=C\CCCCCCC/C=C\CCCC(C)(C)O. The summed E-state index contributed by atoms with van der Waals surface area (Å²) < 4.78 is 4.47. The van der Waals surface area contributed by atoms with Crippen LogP contribution in [0, 0.1) is 0 Å². The molecule has 29 heavy (non-hydrogen) atoms. The van der Waals surface area contributed by atoms with Gasteiger partial charge in [-0.2, -0.15) is 0 Å². The molecule has 0 aromatic rings. The van der Waals surface area contributed by atoms with Gasteiger partial charge in [0.15, 0.2) is 0 Å². The van der Waals surface area contributed by atoms with E-state index in [9.17, 15) is 14.7 Å². The maximum absolute atomic E-state index is 11.5. The highest BCUT2D eigenvalue weighted by Crippen LogP contribution is 2.13. The van der Waals surface area contributed by atoms with Crippen LogP contribution in [0.25, 0.3) is 0 Å². The Morgan fingerprint density at radius 3 is 1.83 bits per heavy atom. The van der Waals surface area contributed by atoms with E-state index in [0.29, 0.717) is 6.42 Å². The lowest BCUT2D eigenvalue weighted by molar-refractivity contribution is -0.141. The van der Waals surface area contributed by atoms with Crippen LogP contribution in [0.1, 0.15) is 97.3 Å². The van der Waals surface area contributed by atoms with Crippen molar-refractivity contribution in [3.63, 3.8) is 0 Å². The molecule has 0 radical (unpaired) electrons. The van der Waals surface area contributed by atoms with Crippen molar-refractivity contribution in [3.8, 4) is 0 Å². The van der Waals surface area contributed by atoms with Gasteiger partial charge in [0.1, 0.15) is 6.54 Å². The number of hydrogen-bond donors (Lipinski definition) is 2. The minimum absolute atomic E-state index is 0.0510. The smallest absolute Gasteiger partial charge is 0.325 e. The molecule has 0 bridgehead atoms. The predicted octanol–water partition coefficient (Wildman–Crippen LogP) is 5.23. The minimum Gasteiger partial charge on any atom is -0.468 e. The van der Waals surface area contributed by atoms with Gasteiger partial charge < -0.3 is 15.2 Å². The molecular weight excluding hydrogens is 366 g/mol. The quantitative estimate of drug-likeness (QED) is 0.185. The second-order valence-electron chi connectivity index (χ2n) is 8.24. The van der Waals surface area contributed by atoms with E-state index in [4.69, 9.17) is 0 Å². The summed E-state index contributed by atoms with van der Waals surface area (Å²) in [5.74, 6) is -0.527. The van der Waals surface area contributed by atoms with E-state index >= 15 is 0 Å². The highest BCUT2D eigenvalue weighted by Gasteiger charge is 2.10. The summed E-state index contributed by atoms with van der Waals surface area (Å²) in [4.78, 5) is 22.4. The maximum atomic E-state index is 11.5. The number of hydrogen-bond acceptors (Lipinski definition) is 4. The van der Waals surface area contributed by atoms with Gasteiger partial charge in [0, 0.05) is 6.42 Å². The second-order valence-corrected chi connectivity index (χ2v) is 8.24. The topological polar surface area (TPSA) is 75.6 Å². The van der Waals surface area contributed by atoms with Crippen LogP contribution in [0.4, 0.5) is 0 Å². The number of allylic oxidation sites excluding steroid dienone is 4. The van der Waals surface area contributed by atoms with E-state index in [2.05, 4.69) is 34.4 Å². The highest BCUT2D eigenvalue weighted by atomic mass is 16.5. The Bertz CT molecular complexity index is 478. The Kier molecular flexibility index (Phi) is 17.4. The Morgan fingerprint density at radius 1 is 0.828 bits per heavy atom. The number of unbranched alkanes of at least 4 members (excludes halogenated alkanes) is 8. The molecular formula is C24H43NO4. The summed E-state index contributed by atoms with van der Waals surface area (Å²) >= 11 is 0. The first-order chi connectivity index (χ1) is 13.8. The number of carbonyl (C=O) groups excluding carboxylic acids is 2. The van der Waals surface area contributed by atoms with Crippen molar-refractivity contribution in [1.82, 2.24) is 5.32 Å². The first-order valence-corrected chi connectivity index (χ1v) is 11.2. The van der Waals surface area contributed by atoms with E-state index < -0.39 is 11.6 Å². The van der Waals surface area contributed by atoms with Crippen LogP contribution >= 0.6 is 0 Å². The van der Waals surface area contributed by atoms with E-state index in [1.807, 2.05) is 13.8 Å². The molecule has 0 spiro atoms. The van der Waals surface area contributed by atoms with Gasteiger partial charge in [-0.3, -0.25) is 9.59 Å². The molecule has 0 fully saturated rings. The molecule has 1 amide bonds. The molecule has 0 atom stereocenters. The molecule has 0 unspecified atom stereocenters. The van der Waals surface area contributed by atoms with Crippen molar-refractivity contribution in [2.24, 2.45) is 0 Å². The zero-order valence-electron chi connectivity index (χ0n) is 18.9. The summed E-state index contributed by atoms with van der Waals surface area (Å²) in [7, 11) is 1.31. The zero-order valence-corrected chi connectivity index (χ0v) is 18.9. The molecule has 2 N–H and O–H groups in total. The molecule has 0 heterocycles. The Balaban J connectivity index is 3.34. The molecule has 5 nitrogen and oxygen atoms in total. The average Bonchev–Trinajstić information content (AvgIpc) is 2.67. The Hall–Kier alpha value is -1.62.